The Kier molecular flexibility index (Phi) is 3.67. The molecular weight excluding hydrogens is 168 g/mol. The maximum absolute atomic E-state index is 5.24. The van der Waals surface area contributed by atoms with Gasteiger partial charge in [-0.05, 0) is 12.1 Å². The number of ether oxygens (including phenoxy) is 1. The van der Waals surface area contributed by atoms with E-state index in [9.17, 15) is 0 Å². The predicted molar refractivity (Wildman–Crippen MR) is 50.1 cm³/mol. The Morgan fingerprint density at radius 1 is 1.58 bits per heavy atom. The summed E-state index contributed by atoms with van der Waals surface area (Å²) in [6.45, 7) is 4.94. The van der Waals surface area contributed by atoms with Crippen molar-refractivity contribution >= 4 is 8.80 Å². The first-order chi connectivity index (χ1) is 5.79. The van der Waals surface area contributed by atoms with Gasteiger partial charge in [-0.2, -0.15) is 0 Å². The van der Waals surface area contributed by atoms with Crippen LogP contribution in [0.2, 0.25) is 13.1 Å². The van der Waals surface area contributed by atoms with Crippen LogP contribution in [0, 0.1) is 0 Å². The molecule has 3 heteroatoms. The van der Waals surface area contributed by atoms with Crippen LogP contribution in [0.25, 0.3) is 0 Å². The molecule has 0 aromatic carbocycles. The lowest BCUT2D eigenvalue weighted by Gasteiger charge is -1.96. The van der Waals surface area contributed by atoms with Gasteiger partial charge in [0.2, 0.25) is 0 Å². The van der Waals surface area contributed by atoms with Crippen molar-refractivity contribution in [2.45, 2.75) is 19.7 Å². The van der Waals surface area contributed by atoms with Gasteiger partial charge in [0.05, 0.1) is 21.3 Å². The maximum atomic E-state index is 5.24. The van der Waals surface area contributed by atoms with Crippen molar-refractivity contribution in [1.29, 1.82) is 0 Å². The Labute approximate surface area is 74.5 Å². The molecule has 2 nitrogen and oxygen atoms in total. The van der Waals surface area contributed by atoms with Gasteiger partial charge in [0, 0.05) is 0 Å². The summed E-state index contributed by atoms with van der Waals surface area (Å²) in [4.78, 5) is 0. The second-order valence-electron chi connectivity index (χ2n) is 2.77. The molecule has 0 unspecified atom stereocenters. The van der Waals surface area contributed by atoms with E-state index < -0.39 is 0 Å². The number of hydrogen-bond donors (Lipinski definition) is 0. The molecule has 1 radical (unpaired) electrons. The van der Waals surface area contributed by atoms with E-state index >= 15 is 0 Å². The molecule has 1 heterocycles. The third-order valence-corrected chi connectivity index (χ3v) is 2.11. The number of furan rings is 1. The predicted octanol–water partition coefficient (Wildman–Crippen LogP) is 2.60. The van der Waals surface area contributed by atoms with Crippen molar-refractivity contribution in [1.82, 2.24) is 0 Å². The first-order valence-electron chi connectivity index (χ1n) is 3.90. The van der Waals surface area contributed by atoms with Gasteiger partial charge in [-0.15, -0.1) is 0 Å². The molecule has 1 rings (SSSR count). The van der Waals surface area contributed by atoms with Crippen LogP contribution in [0.4, 0.5) is 0 Å². The van der Waals surface area contributed by atoms with Gasteiger partial charge in [-0.1, -0.05) is 18.8 Å². The van der Waals surface area contributed by atoms with Crippen LogP contribution in [0.3, 0.4) is 0 Å². The van der Waals surface area contributed by atoms with Gasteiger partial charge in [0.1, 0.15) is 12.4 Å². The minimum Gasteiger partial charge on any atom is -0.494 e. The molecule has 0 saturated heterocycles. The van der Waals surface area contributed by atoms with E-state index in [0.717, 1.165) is 5.76 Å². The minimum absolute atomic E-state index is 0.311. The van der Waals surface area contributed by atoms with Crippen molar-refractivity contribution in [2.75, 3.05) is 0 Å². The molecular formula is C9H13O2Si. The average Bonchev–Trinajstić information content (AvgIpc) is 2.49. The average molecular weight is 181 g/mol. The molecule has 0 bridgehead atoms. The van der Waals surface area contributed by atoms with Gasteiger partial charge in [-0.3, -0.25) is 0 Å². The summed E-state index contributed by atoms with van der Waals surface area (Å²) in [6.07, 6.45) is 3.41. The Morgan fingerprint density at radius 3 is 3.00 bits per heavy atom. The Morgan fingerprint density at radius 2 is 2.42 bits per heavy atom. The van der Waals surface area contributed by atoms with E-state index in [0.29, 0.717) is 6.61 Å². The van der Waals surface area contributed by atoms with Gasteiger partial charge in [0.15, 0.2) is 0 Å². The van der Waals surface area contributed by atoms with Crippen LogP contribution in [0.5, 0.6) is 0 Å². The number of rotatable bonds is 4. The zero-order chi connectivity index (χ0) is 8.81. The van der Waals surface area contributed by atoms with Gasteiger partial charge >= 0.3 is 0 Å². The van der Waals surface area contributed by atoms with Gasteiger partial charge < -0.3 is 9.15 Å². The molecule has 0 N–H and O–H groups in total. The third-order valence-electron chi connectivity index (χ3n) is 1.30. The SMILES string of the molecule is C[Si](C)C=COCc1ccco1. The van der Waals surface area contributed by atoms with Crippen molar-refractivity contribution < 1.29 is 9.15 Å². The van der Waals surface area contributed by atoms with E-state index in [1.807, 2.05) is 12.1 Å². The minimum atomic E-state index is -0.311. The lowest BCUT2D eigenvalue weighted by molar-refractivity contribution is 0.210. The fourth-order valence-electron chi connectivity index (χ4n) is 0.709. The molecule has 0 aliphatic carbocycles. The van der Waals surface area contributed by atoms with E-state index in [-0.39, 0.29) is 8.80 Å². The molecule has 0 fully saturated rings. The molecule has 0 spiro atoms. The summed E-state index contributed by atoms with van der Waals surface area (Å²) in [5, 5.41) is 0. The highest BCUT2D eigenvalue weighted by molar-refractivity contribution is 6.61. The van der Waals surface area contributed by atoms with E-state index in [4.69, 9.17) is 9.15 Å². The van der Waals surface area contributed by atoms with E-state index in [2.05, 4.69) is 18.8 Å². The second kappa shape index (κ2) is 4.82. The number of hydrogen-bond acceptors (Lipinski definition) is 2. The van der Waals surface area contributed by atoms with Crippen LogP contribution in [-0.2, 0) is 11.3 Å². The fourth-order valence-corrected chi connectivity index (χ4v) is 1.08. The van der Waals surface area contributed by atoms with Crippen molar-refractivity contribution in [3.05, 3.63) is 36.1 Å². The molecule has 65 valence electrons. The Bertz CT molecular complexity index is 227. The smallest absolute Gasteiger partial charge is 0.145 e. The van der Waals surface area contributed by atoms with E-state index in [1.165, 1.54) is 0 Å². The summed E-state index contributed by atoms with van der Waals surface area (Å²) in [7, 11) is -0.311. The zero-order valence-electron chi connectivity index (χ0n) is 7.41. The van der Waals surface area contributed by atoms with Gasteiger partial charge in [-0.25, -0.2) is 0 Å². The van der Waals surface area contributed by atoms with Crippen molar-refractivity contribution in [2.24, 2.45) is 0 Å². The molecule has 0 aliphatic rings. The van der Waals surface area contributed by atoms with Crippen LogP contribution in [0.15, 0.2) is 34.8 Å². The van der Waals surface area contributed by atoms with E-state index in [1.54, 1.807) is 12.5 Å². The molecule has 0 amide bonds. The molecule has 0 aliphatic heterocycles. The Balaban J connectivity index is 2.19. The quantitative estimate of drug-likeness (QED) is 0.526. The zero-order valence-corrected chi connectivity index (χ0v) is 8.41. The second-order valence-corrected chi connectivity index (χ2v) is 5.26. The Hall–Kier alpha value is -0.963. The molecule has 12 heavy (non-hydrogen) atoms. The van der Waals surface area contributed by atoms with Crippen LogP contribution in [0.1, 0.15) is 5.76 Å². The largest absolute Gasteiger partial charge is 0.494 e. The van der Waals surface area contributed by atoms with Crippen LogP contribution in [-0.4, -0.2) is 8.80 Å². The van der Waals surface area contributed by atoms with Crippen molar-refractivity contribution in [3.8, 4) is 0 Å². The van der Waals surface area contributed by atoms with Crippen LogP contribution >= 0.6 is 0 Å². The standard InChI is InChI=1S/C9H13O2Si/c1-12(2)7-6-10-8-9-4-3-5-11-9/h3-7H,8H2,1-2H3. The first-order valence-corrected chi connectivity index (χ1v) is 6.47. The van der Waals surface area contributed by atoms with Crippen molar-refractivity contribution in [3.63, 3.8) is 0 Å². The normalized spacial score (nSPS) is 11.2. The summed E-state index contributed by atoms with van der Waals surface area (Å²) in [5.41, 5.74) is 2.10. The summed E-state index contributed by atoms with van der Waals surface area (Å²) in [5.74, 6) is 0.862. The molecule has 1 aromatic rings. The maximum Gasteiger partial charge on any atom is 0.145 e. The summed E-state index contributed by atoms with van der Waals surface area (Å²) >= 11 is 0. The first kappa shape index (κ1) is 9.13. The highest BCUT2D eigenvalue weighted by Gasteiger charge is 1.92. The fraction of sp³-hybridized carbons (Fsp3) is 0.333. The molecule has 0 atom stereocenters. The third kappa shape index (κ3) is 3.43. The summed E-state index contributed by atoms with van der Waals surface area (Å²) < 4.78 is 10.3. The monoisotopic (exact) mass is 181 g/mol. The highest BCUT2D eigenvalue weighted by Crippen LogP contribution is 2.01. The topological polar surface area (TPSA) is 22.4 Å². The molecule has 0 saturated carbocycles. The lowest BCUT2D eigenvalue weighted by atomic mass is 10.5. The highest BCUT2D eigenvalue weighted by atomic mass is 28.3. The lowest BCUT2D eigenvalue weighted by Crippen LogP contribution is -1.93. The van der Waals surface area contributed by atoms with Crippen LogP contribution < -0.4 is 0 Å². The molecule has 1 aromatic heterocycles. The van der Waals surface area contributed by atoms with Gasteiger partial charge in [0.25, 0.3) is 0 Å². The summed E-state index contributed by atoms with van der Waals surface area (Å²) in [6, 6.07) is 3.76.